The Morgan fingerprint density at radius 3 is 2.87 bits per heavy atom. The Morgan fingerprint density at radius 1 is 1.67 bits per heavy atom. The van der Waals surface area contributed by atoms with Crippen molar-refractivity contribution in [2.75, 3.05) is 7.11 Å². The maximum Gasteiger partial charge on any atom is 0.315 e. The number of esters is 1. The molecule has 0 unspecified atom stereocenters. The first-order valence-electron chi connectivity index (χ1n) is 4.50. The van der Waals surface area contributed by atoms with E-state index >= 15 is 0 Å². The van der Waals surface area contributed by atoms with Crippen molar-refractivity contribution in [3.8, 4) is 0 Å². The molecule has 0 amide bonds. The third-order valence-electron chi connectivity index (χ3n) is 2.06. The average molecular weight is 207 g/mol. The largest absolute Gasteiger partial charge is 0.468 e. The summed E-state index contributed by atoms with van der Waals surface area (Å²) < 4.78 is 4.55. The summed E-state index contributed by atoms with van der Waals surface area (Å²) >= 11 is 0. The lowest BCUT2D eigenvalue weighted by atomic mass is 10.00. The fourth-order valence-electron chi connectivity index (χ4n) is 1.22. The molecule has 0 saturated carbocycles. The normalized spacial score (nSPS) is 14.0. The Balaban J connectivity index is 2.87. The first kappa shape index (κ1) is 11.4. The second-order valence-electron chi connectivity index (χ2n) is 2.98. The highest BCUT2D eigenvalue weighted by atomic mass is 16.5. The Labute approximate surface area is 88.2 Å². The van der Waals surface area contributed by atoms with Crippen molar-refractivity contribution in [2.24, 2.45) is 5.92 Å². The van der Waals surface area contributed by atoms with Gasteiger partial charge in [-0.25, -0.2) is 0 Å². The van der Waals surface area contributed by atoms with Gasteiger partial charge in [-0.1, -0.05) is 12.1 Å². The van der Waals surface area contributed by atoms with Gasteiger partial charge in [-0.05, 0) is 12.1 Å². The van der Waals surface area contributed by atoms with Gasteiger partial charge in [0.1, 0.15) is 12.0 Å². The van der Waals surface area contributed by atoms with Crippen LogP contribution in [0, 0.1) is 5.92 Å². The summed E-state index contributed by atoms with van der Waals surface area (Å²) in [6.07, 6.45) is 1.89. The van der Waals surface area contributed by atoms with Crippen LogP contribution < -0.4 is 0 Å². The number of aliphatic hydroxyl groups excluding tert-OH is 1. The van der Waals surface area contributed by atoms with E-state index < -0.39 is 18.0 Å². The minimum absolute atomic E-state index is 0.424. The molecule has 0 spiro atoms. The predicted molar refractivity (Wildman–Crippen MR) is 54.9 cm³/mol. The molecule has 4 nitrogen and oxygen atoms in total. The van der Waals surface area contributed by atoms with Gasteiger partial charge in [0.05, 0.1) is 12.8 Å². The molecule has 0 radical (unpaired) electrons. The van der Waals surface area contributed by atoms with Crippen LogP contribution in [0.1, 0.15) is 11.8 Å². The van der Waals surface area contributed by atoms with Crippen LogP contribution >= 0.6 is 0 Å². The van der Waals surface area contributed by atoms with Crippen LogP contribution in [0.2, 0.25) is 0 Å². The molecule has 0 aliphatic rings. The van der Waals surface area contributed by atoms with Crippen LogP contribution in [0.4, 0.5) is 0 Å². The second kappa shape index (κ2) is 5.26. The number of methoxy groups -OCH3 is 1. The summed E-state index contributed by atoms with van der Waals surface area (Å²) in [5.41, 5.74) is 0.424. The molecule has 0 aliphatic carbocycles. The van der Waals surface area contributed by atoms with Gasteiger partial charge < -0.3 is 9.84 Å². The van der Waals surface area contributed by atoms with Crippen LogP contribution in [0.3, 0.4) is 0 Å². The summed E-state index contributed by atoms with van der Waals surface area (Å²) in [6.45, 7) is 3.49. The van der Waals surface area contributed by atoms with Crippen LogP contribution in [0.25, 0.3) is 0 Å². The fraction of sp³-hybridized carbons (Fsp3) is 0.273. The molecule has 0 aromatic carbocycles. The Hall–Kier alpha value is -1.68. The number of aromatic nitrogens is 1. The number of hydrogen-bond acceptors (Lipinski definition) is 4. The van der Waals surface area contributed by atoms with Gasteiger partial charge >= 0.3 is 5.97 Å². The molecule has 2 atom stereocenters. The van der Waals surface area contributed by atoms with E-state index in [-0.39, 0.29) is 0 Å². The first-order valence-corrected chi connectivity index (χ1v) is 4.50. The molecular weight excluding hydrogens is 194 g/mol. The van der Waals surface area contributed by atoms with E-state index in [0.717, 1.165) is 0 Å². The molecule has 0 fully saturated rings. The van der Waals surface area contributed by atoms with Crippen LogP contribution in [0.15, 0.2) is 37.1 Å². The Kier molecular flexibility index (Phi) is 4.00. The number of pyridine rings is 1. The maximum absolute atomic E-state index is 11.3. The molecule has 1 aromatic heterocycles. The van der Waals surface area contributed by atoms with Crippen molar-refractivity contribution in [3.05, 3.63) is 42.7 Å². The Morgan fingerprint density at radius 2 is 2.40 bits per heavy atom. The van der Waals surface area contributed by atoms with Gasteiger partial charge in [0, 0.05) is 6.20 Å². The van der Waals surface area contributed by atoms with Crippen molar-refractivity contribution in [3.63, 3.8) is 0 Å². The molecule has 1 aromatic rings. The average Bonchev–Trinajstić information content (AvgIpc) is 2.30. The van der Waals surface area contributed by atoms with Crippen LogP contribution in [-0.2, 0) is 9.53 Å². The van der Waals surface area contributed by atoms with Crippen LogP contribution in [-0.4, -0.2) is 23.2 Å². The molecule has 80 valence electrons. The number of rotatable bonds is 4. The zero-order valence-electron chi connectivity index (χ0n) is 8.46. The highest BCUT2D eigenvalue weighted by molar-refractivity contribution is 5.75. The lowest BCUT2D eigenvalue weighted by Gasteiger charge is -2.16. The fourth-order valence-corrected chi connectivity index (χ4v) is 1.22. The predicted octanol–water partition coefficient (Wildman–Crippen LogP) is 1.09. The van der Waals surface area contributed by atoms with Gasteiger partial charge in [-0.2, -0.15) is 0 Å². The highest BCUT2D eigenvalue weighted by Crippen LogP contribution is 2.21. The van der Waals surface area contributed by atoms with Crippen molar-refractivity contribution >= 4 is 5.97 Å². The molecular formula is C11H13NO3. The van der Waals surface area contributed by atoms with Gasteiger partial charge in [-0.15, -0.1) is 6.58 Å². The van der Waals surface area contributed by atoms with E-state index in [1.807, 2.05) is 0 Å². The second-order valence-corrected chi connectivity index (χ2v) is 2.98. The standard InChI is InChI=1S/C11H13NO3/c1-3-8(11(14)15-2)10(13)9-6-4-5-7-12-9/h3-8,10,13H,1H2,2H3/t8-,10-/m0/s1. The van der Waals surface area contributed by atoms with Crippen molar-refractivity contribution in [1.82, 2.24) is 4.98 Å². The van der Waals surface area contributed by atoms with E-state index in [2.05, 4.69) is 16.3 Å². The number of carbonyl (C=O) groups excluding carboxylic acids is 1. The van der Waals surface area contributed by atoms with Crippen LogP contribution in [0.5, 0.6) is 0 Å². The van der Waals surface area contributed by atoms with E-state index in [9.17, 15) is 9.90 Å². The summed E-state index contributed by atoms with van der Waals surface area (Å²) in [5, 5.41) is 9.85. The molecule has 15 heavy (non-hydrogen) atoms. The molecule has 4 heteroatoms. The minimum atomic E-state index is -1.02. The third-order valence-corrected chi connectivity index (χ3v) is 2.06. The Bertz CT molecular complexity index is 337. The molecule has 1 N–H and O–H groups in total. The van der Waals surface area contributed by atoms with E-state index in [1.165, 1.54) is 13.2 Å². The van der Waals surface area contributed by atoms with Crippen molar-refractivity contribution in [1.29, 1.82) is 0 Å². The molecule has 0 bridgehead atoms. The summed E-state index contributed by atoms with van der Waals surface area (Å²) in [6, 6.07) is 5.12. The maximum atomic E-state index is 11.3. The van der Waals surface area contributed by atoms with E-state index in [0.29, 0.717) is 5.69 Å². The number of nitrogens with zero attached hydrogens (tertiary/aromatic N) is 1. The quantitative estimate of drug-likeness (QED) is 0.593. The monoisotopic (exact) mass is 207 g/mol. The number of aliphatic hydroxyl groups is 1. The summed E-state index contributed by atoms with van der Waals surface area (Å²) in [5.74, 6) is -1.31. The number of hydrogen-bond donors (Lipinski definition) is 1. The summed E-state index contributed by atoms with van der Waals surface area (Å²) in [4.78, 5) is 15.2. The molecule has 1 heterocycles. The van der Waals surface area contributed by atoms with Gasteiger partial charge in [-0.3, -0.25) is 9.78 Å². The van der Waals surface area contributed by atoms with E-state index in [4.69, 9.17) is 0 Å². The lowest BCUT2D eigenvalue weighted by Crippen LogP contribution is -2.22. The van der Waals surface area contributed by atoms with Crippen molar-refractivity contribution < 1.29 is 14.6 Å². The third kappa shape index (κ3) is 2.63. The molecule has 1 rings (SSSR count). The summed E-state index contributed by atoms with van der Waals surface area (Å²) in [7, 11) is 1.27. The minimum Gasteiger partial charge on any atom is -0.468 e. The smallest absolute Gasteiger partial charge is 0.315 e. The zero-order chi connectivity index (χ0) is 11.3. The number of ether oxygens (including phenoxy) is 1. The molecule has 0 aliphatic heterocycles. The topological polar surface area (TPSA) is 59.4 Å². The van der Waals surface area contributed by atoms with Gasteiger partial charge in [0.2, 0.25) is 0 Å². The SMILES string of the molecule is C=C[C@H](C(=O)OC)[C@H](O)c1ccccn1. The van der Waals surface area contributed by atoms with E-state index in [1.54, 1.807) is 24.4 Å². The number of carbonyl (C=O) groups is 1. The lowest BCUT2D eigenvalue weighted by molar-refractivity contribution is -0.147. The van der Waals surface area contributed by atoms with Gasteiger partial charge in [0.25, 0.3) is 0 Å². The zero-order valence-corrected chi connectivity index (χ0v) is 8.46. The molecule has 0 saturated heterocycles. The van der Waals surface area contributed by atoms with Crippen molar-refractivity contribution in [2.45, 2.75) is 6.10 Å². The van der Waals surface area contributed by atoms with Gasteiger partial charge in [0.15, 0.2) is 0 Å². The first-order chi connectivity index (χ1) is 7.20. The highest BCUT2D eigenvalue weighted by Gasteiger charge is 2.26.